The number of aromatic nitrogens is 2. The van der Waals surface area contributed by atoms with Crippen LogP contribution in [0.4, 0.5) is 15.8 Å². The second kappa shape index (κ2) is 5.76. The van der Waals surface area contributed by atoms with Crippen molar-refractivity contribution >= 4 is 45.5 Å². The summed E-state index contributed by atoms with van der Waals surface area (Å²) in [5.41, 5.74) is 1.70. The van der Waals surface area contributed by atoms with Crippen molar-refractivity contribution in [3.8, 4) is 6.07 Å². The monoisotopic (exact) mass is 332 g/mol. The molecule has 0 saturated heterocycles. The fourth-order valence-electron chi connectivity index (χ4n) is 2.01. The number of pyridine rings is 2. The Morgan fingerprint density at radius 3 is 2.68 bits per heavy atom. The molecule has 0 amide bonds. The molecule has 3 aromatic rings. The zero-order valence-corrected chi connectivity index (χ0v) is 12.5. The third kappa shape index (κ3) is 2.67. The highest BCUT2D eigenvalue weighted by atomic mass is 35.5. The molecule has 0 aliphatic carbocycles. The van der Waals surface area contributed by atoms with Gasteiger partial charge in [-0.1, -0.05) is 23.2 Å². The average Bonchev–Trinajstić information content (AvgIpc) is 2.50. The fraction of sp³-hybridized carbons (Fsp3) is 0. The van der Waals surface area contributed by atoms with Crippen LogP contribution in [-0.4, -0.2) is 9.97 Å². The van der Waals surface area contributed by atoms with Crippen LogP contribution in [0.15, 0.2) is 36.7 Å². The molecule has 22 heavy (non-hydrogen) atoms. The van der Waals surface area contributed by atoms with E-state index in [1.54, 1.807) is 18.2 Å². The van der Waals surface area contributed by atoms with Gasteiger partial charge in [-0.2, -0.15) is 9.65 Å². The minimum atomic E-state index is -0.658. The van der Waals surface area contributed by atoms with Crippen LogP contribution in [-0.2, 0) is 0 Å². The van der Waals surface area contributed by atoms with Gasteiger partial charge in [0.2, 0.25) is 5.95 Å². The normalized spacial score (nSPS) is 10.5. The minimum Gasteiger partial charge on any atom is -0.353 e. The number of halogens is 3. The zero-order chi connectivity index (χ0) is 15.7. The van der Waals surface area contributed by atoms with Crippen molar-refractivity contribution in [2.24, 2.45) is 0 Å². The molecule has 7 heteroatoms. The number of hydrogen-bond acceptors (Lipinski definition) is 4. The summed E-state index contributed by atoms with van der Waals surface area (Å²) in [7, 11) is 0. The number of nitrogens with zero attached hydrogens (tertiary/aromatic N) is 3. The van der Waals surface area contributed by atoms with E-state index in [1.807, 2.05) is 6.07 Å². The molecular weight excluding hydrogens is 326 g/mol. The molecule has 0 fully saturated rings. The molecule has 1 aromatic carbocycles. The number of nitrogens with one attached hydrogen (secondary N) is 1. The molecule has 2 heterocycles. The number of nitriles is 1. The summed E-state index contributed by atoms with van der Waals surface area (Å²) >= 11 is 12.0. The first kappa shape index (κ1) is 14.5. The smallest absolute Gasteiger partial charge is 0.213 e. The van der Waals surface area contributed by atoms with Gasteiger partial charge in [-0.05, 0) is 18.2 Å². The molecule has 0 radical (unpaired) electrons. The number of fused-ring (bicyclic) bond motifs is 1. The Morgan fingerprint density at radius 2 is 1.95 bits per heavy atom. The van der Waals surface area contributed by atoms with E-state index in [4.69, 9.17) is 23.2 Å². The Morgan fingerprint density at radius 1 is 1.14 bits per heavy atom. The molecule has 0 atom stereocenters. The van der Waals surface area contributed by atoms with Gasteiger partial charge in [-0.25, -0.2) is 4.98 Å². The van der Waals surface area contributed by atoms with Crippen molar-refractivity contribution in [1.29, 1.82) is 5.26 Å². The highest BCUT2D eigenvalue weighted by Gasteiger charge is 2.12. The molecule has 0 bridgehead atoms. The van der Waals surface area contributed by atoms with Crippen LogP contribution < -0.4 is 5.32 Å². The van der Waals surface area contributed by atoms with Gasteiger partial charge in [0, 0.05) is 22.7 Å². The molecule has 2 aromatic heterocycles. The van der Waals surface area contributed by atoms with E-state index in [9.17, 15) is 9.65 Å². The summed E-state index contributed by atoms with van der Waals surface area (Å²) < 4.78 is 13.4. The highest BCUT2D eigenvalue weighted by molar-refractivity contribution is 6.36. The van der Waals surface area contributed by atoms with Crippen LogP contribution in [0.2, 0.25) is 10.0 Å². The number of rotatable bonds is 2. The summed E-state index contributed by atoms with van der Waals surface area (Å²) in [5, 5.41) is 13.6. The van der Waals surface area contributed by atoms with E-state index in [2.05, 4.69) is 15.3 Å². The zero-order valence-electron chi connectivity index (χ0n) is 10.9. The van der Waals surface area contributed by atoms with Crippen molar-refractivity contribution in [2.45, 2.75) is 0 Å². The summed E-state index contributed by atoms with van der Waals surface area (Å²) in [5.74, 6) is -0.658. The van der Waals surface area contributed by atoms with Crippen LogP contribution in [0.5, 0.6) is 0 Å². The Kier molecular flexibility index (Phi) is 3.80. The van der Waals surface area contributed by atoms with E-state index < -0.39 is 5.95 Å². The van der Waals surface area contributed by atoms with Gasteiger partial charge >= 0.3 is 0 Å². The van der Waals surface area contributed by atoms with Gasteiger partial charge in [-0.15, -0.1) is 0 Å². The molecule has 0 unspecified atom stereocenters. The van der Waals surface area contributed by atoms with E-state index in [-0.39, 0.29) is 5.56 Å². The van der Waals surface area contributed by atoms with Gasteiger partial charge in [0.05, 0.1) is 33.7 Å². The number of anilines is 2. The van der Waals surface area contributed by atoms with Crippen molar-refractivity contribution in [3.05, 3.63) is 58.2 Å². The Bertz CT molecular complexity index is 921. The Balaban J connectivity index is 2.20. The predicted octanol–water partition coefficient (Wildman–Crippen LogP) is 4.69. The third-order valence-electron chi connectivity index (χ3n) is 3.03. The van der Waals surface area contributed by atoms with Crippen LogP contribution in [0.3, 0.4) is 0 Å². The lowest BCUT2D eigenvalue weighted by Gasteiger charge is -2.12. The Labute approximate surface area is 135 Å². The standard InChI is InChI=1S/C15H7Cl2FN4/c16-9-1-2-12(11(17)3-9)22-15-8(5-19)6-20-13-7-21-14(18)4-10(13)15/h1-4,6-7H,(H,20,22). The van der Waals surface area contributed by atoms with Crippen molar-refractivity contribution in [3.63, 3.8) is 0 Å². The van der Waals surface area contributed by atoms with Crippen LogP contribution >= 0.6 is 23.2 Å². The average molecular weight is 333 g/mol. The van der Waals surface area contributed by atoms with E-state index in [0.717, 1.165) is 0 Å². The largest absolute Gasteiger partial charge is 0.353 e. The second-order valence-corrected chi connectivity index (χ2v) is 5.28. The maximum Gasteiger partial charge on any atom is 0.213 e. The molecule has 3 rings (SSSR count). The predicted molar refractivity (Wildman–Crippen MR) is 84.0 cm³/mol. The second-order valence-electron chi connectivity index (χ2n) is 4.43. The number of hydrogen-bond donors (Lipinski definition) is 1. The summed E-state index contributed by atoms with van der Waals surface area (Å²) in [6.45, 7) is 0. The lowest BCUT2D eigenvalue weighted by Crippen LogP contribution is -1.98. The molecule has 1 N–H and O–H groups in total. The van der Waals surface area contributed by atoms with Crippen LogP contribution in [0.25, 0.3) is 10.9 Å². The van der Waals surface area contributed by atoms with E-state index in [1.165, 1.54) is 18.5 Å². The lowest BCUT2D eigenvalue weighted by atomic mass is 10.1. The van der Waals surface area contributed by atoms with Crippen LogP contribution in [0.1, 0.15) is 5.56 Å². The van der Waals surface area contributed by atoms with Gasteiger partial charge < -0.3 is 5.32 Å². The van der Waals surface area contributed by atoms with Crippen molar-refractivity contribution < 1.29 is 4.39 Å². The molecule has 0 aliphatic rings. The third-order valence-corrected chi connectivity index (χ3v) is 3.58. The summed E-state index contributed by atoms with van der Waals surface area (Å²) in [6.07, 6.45) is 2.70. The highest BCUT2D eigenvalue weighted by Crippen LogP contribution is 2.33. The molecule has 0 aliphatic heterocycles. The lowest BCUT2D eigenvalue weighted by molar-refractivity contribution is 0.586. The van der Waals surface area contributed by atoms with Crippen molar-refractivity contribution in [1.82, 2.24) is 9.97 Å². The number of benzene rings is 1. The quantitative estimate of drug-likeness (QED) is 0.691. The van der Waals surface area contributed by atoms with Crippen molar-refractivity contribution in [2.75, 3.05) is 5.32 Å². The molecule has 108 valence electrons. The topological polar surface area (TPSA) is 61.6 Å². The molecule has 0 spiro atoms. The van der Waals surface area contributed by atoms with Gasteiger partial charge in [0.15, 0.2) is 0 Å². The molecule has 4 nitrogen and oxygen atoms in total. The first-order valence-corrected chi connectivity index (χ1v) is 6.90. The first-order valence-electron chi connectivity index (χ1n) is 6.15. The molecule has 0 saturated carbocycles. The van der Waals surface area contributed by atoms with E-state index in [0.29, 0.717) is 32.3 Å². The first-order chi connectivity index (χ1) is 10.6. The van der Waals surface area contributed by atoms with Gasteiger partial charge in [-0.3, -0.25) is 4.98 Å². The van der Waals surface area contributed by atoms with Gasteiger partial charge in [0.25, 0.3) is 0 Å². The van der Waals surface area contributed by atoms with E-state index >= 15 is 0 Å². The van der Waals surface area contributed by atoms with Crippen LogP contribution in [0, 0.1) is 17.3 Å². The minimum absolute atomic E-state index is 0.268. The molecular formula is C15H7Cl2FN4. The maximum absolute atomic E-state index is 13.4. The Hall–Kier alpha value is -2.42. The summed E-state index contributed by atoms with van der Waals surface area (Å²) in [4.78, 5) is 7.64. The fourth-order valence-corrected chi connectivity index (χ4v) is 2.47. The SMILES string of the molecule is N#Cc1cnc2cnc(F)cc2c1Nc1ccc(Cl)cc1Cl. The summed E-state index contributed by atoms with van der Waals surface area (Å²) in [6, 6.07) is 8.15. The maximum atomic E-state index is 13.4. The van der Waals surface area contributed by atoms with Gasteiger partial charge in [0.1, 0.15) is 6.07 Å².